The van der Waals surface area contributed by atoms with Crippen LogP contribution in [0, 0.1) is 6.92 Å². The van der Waals surface area contributed by atoms with Crippen LogP contribution in [0.5, 0.6) is 0 Å². The van der Waals surface area contributed by atoms with Gasteiger partial charge in [-0.1, -0.05) is 36.7 Å². The first kappa shape index (κ1) is 20.3. The first-order chi connectivity index (χ1) is 12.4. The molecule has 2 N–H and O–H groups in total. The van der Waals surface area contributed by atoms with Crippen LogP contribution in [-0.2, 0) is 16.0 Å². The van der Waals surface area contributed by atoms with Crippen molar-refractivity contribution in [2.75, 3.05) is 16.4 Å². The fraction of sp³-hybridized carbons (Fsp3) is 0.300. The molecule has 6 heteroatoms. The fourth-order valence-corrected chi connectivity index (χ4v) is 3.12. The van der Waals surface area contributed by atoms with Crippen LogP contribution in [0.2, 0.25) is 5.02 Å². The number of hydrogen-bond acceptors (Lipinski definition) is 3. The van der Waals surface area contributed by atoms with Gasteiger partial charge in [-0.25, -0.2) is 0 Å². The number of carbonyl (C=O) groups is 2. The zero-order valence-corrected chi connectivity index (χ0v) is 16.7. The van der Waals surface area contributed by atoms with Gasteiger partial charge in [-0.3, -0.25) is 9.59 Å². The molecule has 138 valence electrons. The van der Waals surface area contributed by atoms with E-state index in [-0.39, 0.29) is 22.8 Å². The number of rotatable bonds is 7. The molecule has 0 aromatic heterocycles. The van der Waals surface area contributed by atoms with Gasteiger partial charge in [0, 0.05) is 16.4 Å². The van der Waals surface area contributed by atoms with Crippen molar-refractivity contribution in [1.82, 2.24) is 0 Å². The lowest BCUT2D eigenvalue weighted by Gasteiger charge is -2.14. The van der Waals surface area contributed by atoms with Gasteiger partial charge in [0.05, 0.1) is 11.0 Å². The molecule has 2 amide bonds. The van der Waals surface area contributed by atoms with E-state index in [1.807, 2.05) is 37.3 Å². The molecule has 0 aliphatic carbocycles. The summed E-state index contributed by atoms with van der Waals surface area (Å²) in [5.41, 5.74) is 3.61. The molecular weight excluding hydrogens is 368 g/mol. The summed E-state index contributed by atoms with van der Waals surface area (Å²) in [4.78, 5) is 24.4. The second-order valence-electron chi connectivity index (χ2n) is 6.00. The molecule has 2 aromatic rings. The molecule has 0 bridgehead atoms. The van der Waals surface area contributed by atoms with Crippen LogP contribution in [0.15, 0.2) is 42.5 Å². The van der Waals surface area contributed by atoms with E-state index in [1.165, 1.54) is 17.3 Å². The van der Waals surface area contributed by atoms with Crippen LogP contribution in [0.3, 0.4) is 0 Å². The molecule has 4 nitrogen and oxygen atoms in total. The normalized spacial score (nSPS) is 11.7. The number of aryl methyl sites for hydroxylation is 2. The van der Waals surface area contributed by atoms with Crippen LogP contribution >= 0.6 is 23.4 Å². The Morgan fingerprint density at radius 3 is 2.46 bits per heavy atom. The molecule has 1 atom stereocenters. The van der Waals surface area contributed by atoms with Crippen molar-refractivity contribution in [3.05, 3.63) is 58.6 Å². The van der Waals surface area contributed by atoms with E-state index in [9.17, 15) is 9.59 Å². The number of nitrogens with one attached hydrogen (secondary N) is 2. The van der Waals surface area contributed by atoms with Gasteiger partial charge in [-0.2, -0.15) is 0 Å². The lowest BCUT2D eigenvalue weighted by atomic mass is 10.1. The Balaban J connectivity index is 1.82. The first-order valence-electron chi connectivity index (χ1n) is 8.46. The molecule has 0 aliphatic rings. The Morgan fingerprint density at radius 2 is 1.81 bits per heavy atom. The molecule has 2 rings (SSSR count). The van der Waals surface area contributed by atoms with E-state index < -0.39 is 0 Å². The third-order valence-corrected chi connectivity index (χ3v) is 5.32. The minimum Gasteiger partial charge on any atom is -0.325 e. The maximum atomic E-state index is 12.3. The van der Waals surface area contributed by atoms with E-state index in [1.54, 1.807) is 19.1 Å². The summed E-state index contributed by atoms with van der Waals surface area (Å²) in [6.07, 6.45) is 0.961. The predicted octanol–water partition coefficient (Wildman–Crippen LogP) is 4.91. The van der Waals surface area contributed by atoms with E-state index in [2.05, 4.69) is 17.6 Å². The average Bonchev–Trinajstić information content (AvgIpc) is 2.63. The Kier molecular flexibility index (Phi) is 7.54. The summed E-state index contributed by atoms with van der Waals surface area (Å²) in [6.45, 7) is 5.77. The Hall–Kier alpha value is -1.98. The predicted molar refractivity (Wildman–Crippen MR) is 111 cm³/mol. The van der Waals surface area contributed by atoms with E-state index in [0.29, 0.717) is 10.7 Å². The quantitative estimate of drug-likeness (QED) is 0.706. The Bertz CT molecular complexity index is 778. The smallest absolute Gasteiger partial charge is 0.237 e. The second-order valence-corrected chi connectivity index (χ2v) is 7.77. The number of halogens is 1. The van der Waals surface area contributed by atoms with Crippen LogP contribution in [0.1, 0.15) is 25.0 Å². The number of hydrogen-bond donors (Lipinski definition) is 2. The van der Waals surface area contributed by atoms with Gasteiger partial charge in [0.15, 0.2) is 0 Å². The topological polar surface area (TPSA) is 58.2 Å². The molecular formula is C20H23ClN2O2S. The fourth-order valence-electron chi connectivity index (χ4n) is 2.26. The lowest BCUT2D eigenvalue weighted by Crippen LogP contribution is -2.25. The molecule has 0 spiro atoms. The summed E-state index contributed by atoms with van der Waals surface area (Å²) in [6, 6.07) is 13.1. The number of thioether (sulfide) groups is 1. The molecule has 26 heavy (non-hydrogen) atoms. The number of amides is 2. The van der Waals surface area contributed by atoms with Gasteiger partial charge in [0.1, 0.15) is 0 Å². The third kappa shape index (κ3) is 6.07. The minimum absolute atomic E-state index is 0.127. The summed E-state index contributed by atoms with van der Waals surface area (Å²) >= 11 is 7.26. The van der Waals surface area contributed by atoms with Gasteiger partial charge in [0.25, 0.3) is 0 Å². The lowest BCUT2D eigenvalue weighted by molar-refractivity contribution is -0.115. The standard InChI is InChI=1S/C20H23ClN2O2S/c1-4-15-6-9-17(10-7-15)22-19(24)12-26-14(3)20(25)23-18-11-16(21)8-5-13(18)2/h5-11,14H,4,12H2,1-3H3,(H,22,24)(H,23,25)/t14-/m0/s1. The van der Waals surface area contributed by atoms with Crippen molar-refractivity contribution in [3.63, 3.8) is 0 Å². The van der Waals surface area contributed by atoms with Crippen molar-refractivity contribution >= 4 is 46.6 Å². The summed E-state index contributed by atoms with van der Waals surface area (Å²) < 4.78 is 0. The van der Waals surface area contributed by atoms with E-state index >= 15 is 0 Å². The van der Waals surface area contributed by atoms with Crippen molar-refractivity contribution in [2.45, 2.75) is 32.4 Å². The van der Waals surface area contributed by atoms with Crippen LogP contribution < -0.4 is 10.6 Å². The van der Waals surface area contributed by atoms with E-state index in [0.717, 1.165) is 17.7 Å². The van der Waals surface area contributed by atoms with Gasteiger partial charge in [0.2, 0.25) is 11.8 Å². The van der Waals surface area contributed by atoms with Gasteiger partial charge >= 0.3 is 0 Å². The minimum atomic E-state index is -0.360. The SMILES string of the molecule is CCc1ccc(NC(=O)CS[C@@H](C)C(=O)Nc2cc(Cl)ccc2C)cc1. The highest BCUT2D eigenvalue weighted by atomic mass is 35.5. The number of carbonyl (C=O) groups excluding carboxylic acids is 2. The highest BCUT2D eigenvalue weighted by Gasteiger charge is 2.16. The molecule has 0 aliphatic heterocycles. The summed E-state index contributed by atoms with van der Waals surface area (Å²) in [5.74, 6) is -0.0724. The van der Waals surface area contributed by atoms with Gasteiger partial charge < -0.3 is 10.6 Å². The Labute approximate surface area is 163 Å². The highest BCUT2D eigenvalue weighted by molar-refractivity contribution is 8.01. The molecule has 0 saturated carbocycles. The molecule has 0 fully saturated rings. The monoisotopic (exact) mass is 390 g/mol. The second kappa shape index (κ2) is 9.64. The first-order valence-corrected chi connectivity index (χ1v) is 9.89. The van der Waals surface area contributed by atoms with Gasteiger partial charge in [-0.05, 0) is 55.7 Å². The van der Waals surface area contributed by atoms with Crippen LogP contribution in [-0.4, -0.2) is 22.8 Å². The van der Waals surface area contributed by atoms with Crippen molar-refractivity contribution in [3.8, 4) is 0 Å². The maximum Gasteiger partial charge on any atom is 0.237 e. The van der Waals surface area contributed by atoms with Gasteiger partial charge in [-0.15, -0.1) is 11.8 Å². The van der Waals surface area contributed by atoms with Crippen LogP contribution in [0.4, 0.5) is 11.4 Å². The summed E-state index contributed by atoms with van der Waals surface area (Å²) in [5, 5.41) is 5.92. The average molecular weight is 391 g/mol. The van der Waals surface area contributed by atoms with Crippen molar-refractivity contribution < 1.29 is 9.59 Å². The molecule has 0 saturated heterocycles. The summed E-state index contributed by atoms with van der Waals surface area (Å²) in [7, 11) is 0. The van der Waals surface area contributed by atoms with E-state index in [4.69, 9.17) is 11.6 Å². The molecule has 0 unspecified atom stereocenters. The number of anilines is 2. The highest BCUT2D eigenvalue weighted by Crippen LogP contribution is 2.22. The largest absolute Gasteiger partial charge is 0.325 e. The zero-order chi connectivity index (χ0) is 19.1. The van der Waals surface area contributed by atoms with Crippen molar-refractivity contribution in [1.29, 1.82) is 0 Å². The number of benzene rings is 2. The molecule has 0 radical (unpaired) electrons. The third-order valence-electron chi connectivity index (χ3n) is 3.94. The van der Waals surface area contributed by atoms with Crippen LogP contribution in [0.25, 0.3) is 0 Å². The zero-order valence-electron chi connectivity index (χ0n) is 15.1. The molecule has 2 aromatic carbocycles. The maximum absolute atomic E-state index is 12.3. The Morgan fingerprint density at radius 1 is 1.12 bits per heavy atom. The molecule has 0 heterocycles. The van der Waals surface area contributed by atoms with Crippen molar-refractivity contribution in [2.24, 2.45) is 0 Å².